The molecule has 394 valence electrons. The van der Waals surface area contributed by atoms with Gasteiger partial charge in [0.2, 0.25) is 17.1 Å². The van der Waals surface area contributed by atoms with Crippen LogP contribution in [0.1, 0.15) is 50.8 Å². The molecule has 13 heterocycles. The van der Waals surface area contributed by atoms with Gasteiger partial charge in [-0.25, -0.2) is 34.1 Å². The third-order valence-electron chi connectivity index (χ3n) is 16.1. The number of furan rings is 3. The van der Waals surface area contributed by atoms with E-state index in [0.29, 0.717) is 17.1 Å². The molecule has 4 aliphatic rings. The summed E-state index contributed by atoms with van der Waals surface area (Å²) >= 11 is 0. The van der Waals surface area contributed by atoms with Crippen molar-refractivity contribution in [3.63, 3.8) is 0 Å². The second-order valence-corrected chi connectivity index (χ2v) is 20.9. The standard InChI is InChI=1S/C23H21BN6O.C22H22BN4O.C15H16BN4O/c1-15-14-19-20(18-10-7-11-27-23(18)31-19)28(3)24(15)30-16(2)29(17-8-5-4-6-9-17)21-22(30)26-13-12-25-21;1-15-13-19-21(18-11-8-12-24-22(18)28-19)26(4)23(15)20-14-27(16(2)25(20)3)17-9-6-5-7-10-17;1-11-10-13-14(12-6-4-7-17-15(12)21-13)19(3)16(11)20-9-5-8-18(20)2/h4-14,16H,1-3H3;5-14H,1-4H3;4-10H,1-3H3/q;2*+1/t16-;;/m0../s1. The summed E-state index contributed by atoms with van der Waals surface area (Å²) in [7, 11) is 10.5. The Labute approximate surface area is 465 Å². The summed E-state index contributed by atoms with van der Waals surface area (Å²) in [5.74, 6) is 5.54. The van der Waals surface area contributed by atoms with Crippen LogP contribution < -0.4 is 38.9 Å². The van der Waals surface area contributed by atoms with Crippen LogP contribution in [0.25, 0.3) is 57.2 Å². The van der Waals surface area contributed by atoms with Crippen molar-refractivity contribution in [2.75, 3.05) is 45.3 Å². The fraction of sp³-hybridized carbons (Fsp3) is 0.183. The third-order valence-corrected chi connectivity index (χ3v) is 16.1. The fourth-order valence-corrected chi connectivity index (χ4v) is 12.4. The van der Waals surface area contributed by atoms with Crippen molar-refractivity contribution in [1.82, 2.24) is 34.2 Å². The van der Waals surface area contributed by atoms with E-state index in [1.54, 1.807) is 31.0 Å². The molecule has 2 aromatic carbocycles. The predicted octanol–water partition coefficient (Wildman–Crippen LogP) is 9.43. The number of para-hydroxylation sites is 2. The lowest BCUT2D eigenvalue weighted by molar-refractivity contribution is -0.629. The molecule has 9 aromatic heterocycles. The largest absolute Gasteiger partial charge is 0.671 e. The van der Waals surface area contributed by atoms with Crippen LogP contribution in [0.5, 0.6) is 0 Å². The minimum Gasteiger partial charge on any atom is -0.436 e. The Bertz CT molecular complexity index is 4260. The molecule has 0 amide bonds. The number of imidazole rings is 1. The van der Waals surface area contributed by atoms with Crippen molar-refractivity contribution in [1.29, 1.82) is 0 Å². The van der Waals surface area contributed by atoms with Gasteiger partial charge in [0.25, 0.3) is 5.82 Å². The summed E-state index contributed by atoms with van der Waals surface area (Å²) in [4.78, 5) is 34.0. The number of fused-ring (bicyclic) bond motifs is 10. The number of allylic oxidation sites excluding steroid dienone is 3. The van der Waals surface area contributed by atoms with E-state index >= 15 is 0 Å². The molecule has 0 aliphatic carbocycles. The number of aromatic nitrogens is 9. The van der Waals surface area contributed by atoms with Crippen molar-refractivity contribution < 1.29 is 22.4 Å². The summed E-state index contributed by atoms with van der Waals surface area (Å²) in [6.45, 7) is 11.0. The maximum absolute atomic E-state index is 6.04. The highest BCUT2D eigenvalue weighted by Crippen LogP contribution is 2.46. The molecule has 4 aliphatic heterocycles. The highest BCUT2D eigenvalue weighted by Gasteiger charge is 2.48. The zero-order valence-corrected chi connectivity index (χ0v) is 46.5. The summed E-state index contributed by atoms with van der Waals surface area (Å²) in [6, 6.07) is 34.9. The highest BCUT2D eigenvalue weighted by molar-refractivity contribution is 6.83. The number of aryl methyl sites for hydroxylation is 1. The molecular formula is C60H59B3N14O3+2. The third kappa shape index (κ3) is 8.06. The molecule has 15 rings (SSSR count). The van der Waals surface area contributed by atoms with Gasteiger partial charge in [-0.05, 0) is 121 Å². The number of hydrogen-bond donors (Lipinski definition) is 0. The predicted molar refractivity (Wildman–Crippen MR) is 320 cm³/mol. The van der Waals surface area contributed by atoms with Crippen LogP contribution in [-0.2, 0) is 14.1 Å². The molecule has 1 atom stereocenters. The molecule has 0 N–H and O–H groups in total. The van der Waals surface area contributed by atoms with Crippen molar-refractivity contribution in [2.24, 2.45) is 14.1 Å². The molecule has 20 heteroatoms. The smallest absolute Gasteiger partial charge is 0.436 e. The van der Waals surface area contributed by atoms with Gasteiger partial charge in [-0.15, -0.1) is 0 Å². The number of rotatable bonds is 5. The Hall–Kier alpha value is -9.58. The van der Waals surface area contributed by atoms with Gasteiger partial charge in [-0.3, -0.25) is 0 Å². The van der Waals surface area contributed by atoms with E-state index in [9.17, 15) is 0 Å². The lowest BCUT2D eigenvalue weighted by atomic mass is 9.50. The molecular weight excluding hydrogens is 997 g/mol. The van der Waals surface area contributed by atoms with E-state index in [2.05, 4.69) is 218 Å². The normalized spacial score (nSPS) is 15.5. The van der Waals surface area contributed by atoms with Crippen LogP contribution in [0.2, 0.25) is 0 Å². The van der Waals surface area contributed by atoms with Crippen molar-refractivity contribution >= 4 is 112 Å². The fourth-order valence-electron chi connectivity index (χ4n) is 12.4. The van der Waals surface area contributed by atoms with Crippen LogP contribution in [0.4, 0.5) is 34.4 Å². The Morgan fingerprint density at radius 2 is 1.05 bits per heavy atom. The molecule has 0 bridgehead atoms. The van der Waals surface area contributed by atoms with Gasteiger partial charge < -0.3 is 37.4 Å². The molecule has 0 fully saturated rings. The van der Waals surface area contributed by atoms with Crippen molar-refractivity contribution in [2.45, 2.75) is 40.8 Å². The van der Waals surface area contributed by atoms with Crippen molar-refractivity contribution in [3.8, 4) is 5.69 Å². The van der Waals surface area contributed by atoms with Gasteiger partial charge in [0.05, 0.1) is 59.7 Å². The molecule has 0 saturated carbocycles. The van der Waals surface area contributed by atoms with Crippen LogP contribution in [0.3, 0.4) is 0 Å². The van der Waals surface area contributed by atoms with E-state index in [1.165, 1.54) is 33.5 Å². The molecule has 0 saturated heterocycles. The lowest BCUT2D eigenvalue weighted by Crippen LogP contribution is -2.66. The first-order valence-corrected chi connectivity index (χ1v) is 26.8. The number of benzene rings is 2. The van der Waals surface area contributed by atoms with Gasteiger partial charge in [0, 0.05) is 62.2 Å². The first-order valence-electron chi connectivity index (χ1n) is 26.8. The minimum atomic E-state index is -0.0346. The van der Waals surface area contributed by atoms with Crippen LogP contribution in [0.15, 0.2) is 182 Å². The first-order chi connectivity index (χ1) is 38.9. The monoisotopic (exact) mass is 1060 g/mol. The Kier molecular flexibility index (Phi) is 12.3. The van der Waals surface area contributed by atoms with Gasteiger partial charge in [0.1, 0.15) is 17.5 Å². The maximum Gasteiger partial charge on any atom is 0.671 e. The molecule has 80 heavy (non-hydrogen) atoms. The lowest BCUT2D eigenvalue weighted by Gasteiger charge is -2.40. The molecule has 17 nitrogen and oxygen atoms in total. The van der Waals surface area contributed by atoms with Crippen LogP contribution in [-0.4, -0.2) is 82.3 Å². The summed E-state index contributed by atoms with van der Waals surface area (Å²) in [5.41, 5.74) is 12.4. The Morgan fingerprint density at radius 1 is 0.525 bits per heavy atom. The van der Waals surface area contributed by atoms with Gasteiger partial charge in [-0.2, -0.15) is 9.27 Å². The molecule has 0 unspecified atom stereocenters. The Balaban J connectivity index is 0.000000115. The second kappa shape index (κ2) is 19.7. The molecule has 0 radical (unpaired) electrons. The van der Waals surface area contributed by atoms with E-state index < -0.39 is 0 Å². The van der Waals surface area contributed by atoms with E-state index in [0.717, 1.165) is 67.8 Å². The summed E-state index contributed by atoms with van der Waals surface area (Å²) in [5, 5.41) is 3.12. The maximum atomic E-state index is 6.04. The zero-order valence-electron chi connectivity index (χ0n) is 46.5. The van der Waals surface area contributed by atoms with Crippen molar-refractivity contribution in [3.05, 3.63) is 192 Å². The average molecular weight is 1060 g/mol. The topological polar surface area (TPSA) is 138 Å². The van der Waals surface area contributed by atoms with E-state index in [1.807, 2.05) is 49.6 Å². The quantitative estimate of drug-likeness (QED) is 0.120. The summed E-state index contributed by atoms with van der Waals surface area (Å²) < 4.78 is 26.7. The molecule has 11 aromatic rings. The SMILES string of the molecule is CC1=Cc2oc3ncccc3c2N(C)B1N1c2nccnc2N(c2ccccc2)[C@@H]1C.CC1=Cc2oc3ncccc3c2N(C)B1[n+]1cccn1C.CC1=Cc2oc3ncccc3c2N(C)B1c1c[n+](-c2ccccc2)c(C)n1C. The summed E-state index contributed by atoms with van der Waals surface area (Å²) in [6.07, 6.45) is 21.6. The number of hydrogen-bond acceptors (Lipinski definition) is 13. The molecule has 0 spiro atoms. The van der Waals surface area contributed by atoms with E-state index in [4.69, 9.17) is 23.2 Å². The van der Waals surface area contributed by atoms with E-state index in [-0.39, 0.29) is 27.0 Å². The number of nitrogens with zero attached hydrogens (tertiary/aromatic N) is 14. The minimum absolute atomic E-state index is 0.0217. The second-order valence-electron chi connectivity index (χ2n) is 20.9. The Morgan fingerprint density at radius 3 is 1.62 bits per heavy atom. The van der Waals surface area contributed by atoms with Gasteiger partial charge >= 0.3 is 20.8 Å². The zero-order chi connectivity index (χ0) is 55.1. The van der Waals surface area contributed by atoms with Gasteiger partial charge in [0.15, 0.2) is 35.1 Å². The average Bonchev–Trinajstić information content (AvgIpc) is 4.52. The van der Waals surface area contributed by atoms with Gasteiger partial charge in [-0.1, -0.05) is 47.3 Å². The number of anilines is 6. The van der Waals surface area contributed by atoms with Crippen LogP contribution >= 0.6 is 0 Å². The number of pyridine rings is 3. The first kappa shape index (κ1) is 50.0. The highest BCUT2D eigenvalue weighted by atomic mass is 16.4. The van der Waals surface area contributed by atoms with Crippen LogP contribution in [0, 0.1) is 6.92 Å².